The van der Waals surface area contributed by atoms with E-state index in [4.69, 9.17) is 4.74 Å². The summed E-state index contributed by atoms with van der Waals surface area (Å²) in [6.45, 7) is 2.93. The van der Waals surface area contributed by atoms with E-state index in [9.17, 15) is 4.79 Å². The summed E-state index contributed by atoms with van der Waals surface area (Å²) in [7, 11) is 3.56. The van der Waals surface area contributed by atoms with E-state index in [0.29, 0.717) is 13.2 Å². The van der Waals surface area contributed by atoms with Crippen molar-refractivity contribution in [1.29, 1.82) is 0 Å². The maximum atomic E-state index is 12.8. The first-order chi connectivity index (χ1) is 9.57. The average Bonchev–Trinajstić information content (AvgIpc) is 2.84. The number of carbonyl (C=O) groups excluding carboxylic acids is 1. The molecule has 1 fully saturated rings. The zero-order chi connectivity index (χ0) is 14.6. The molecule has 0 unspecified atom stereocenters. The van der Waals surface area contributed by atoms with Crippen LogP contribution < -0.4 is 5.32 Å². The molecule has 0 saturated carbocycles. The molecule has 20 heavy (non-hydrogen) atoms. The van der Waals surface area contributed by atoms with E-state index in [1.807, 2.05) is 17.3 Å². The topological polar surface area (TPSA) is 41.6 Å². The molecular weight excluding hydrogens is 340 g/mol. The lowest BCUT2D eigenvalue weighted by molar-refractivity contribution is -0.146. The molecule has 112 valence electrons. The molecule has 0 spiro atoms. The van der Waals surface area contributed by atoms with Gasteiger partial charge in [-0.05, 0) is 47.9 Å². The third-order valence-electron chi connectivity index (χ3n) is 3.80. The van der Waals surface area contributed by atoms with Gasteiger partial charge >= 0.3 is 0 Å². The second kappa shape index (κ2) is 7.02. The number of piperidine rings is 1. The largest absolute Gasteiger partial charge is 0.384 e. The number of amides is 1. The van der Waals surface area contributed by atoms with Crippen LogP contribution in [0.3, 0.4) is 0 Å². The van der Waals surface area contributed by atoms with Gasteiger partial charge in [0.25, 0.3) is 0 Å². The number of thiophene rings is 1. The molecule has 0 aliphatic carbocycles. The van der Waals surface area contributed by atoms with Crippen LogP contribution in [0.4, 0.5) is 0 Å². The van der Waals surface area contributed by atoms with Crippen molar-refractivity contribution in [2.75, 3.05) is 33.9 Å². The summed E-state index contributed by atoms with van der Waals surface area (Å²) in [4.78, 5) is 15.9. The lowest BCUT2D eigenvalue weighted by Crippen LogP contribution is -2.50. The van der Waals surface area contributed by atoms with Crippen molar-refractivity contribution in [3.05, 3.63) is 20.8 Å². The van der Waals surface area contributed by atoms with Crippen LogP contribution in [-0.4, -0.2) is 44.7 Å². The third kappa shape index (κ3) is 3.61. The van der Waals surface area contributed by atoms with Gasteiger partial charge in [-0.3, -0.25) is 4.79 Å². The summed E-state index contributed by atoms with van der Waals surface area (Å²) in [5.41, 5.74) is -0.358. The Morgan fingerprint density at radius 3 is 2.80 bits per heavy atom. The summed E-state index contributed by atoms with van der Waals surface area (Å²) in [6, 6.07) is 2.07. The number of nitrogens with one attached hydrogen (secondary N) is 1. The predicted octanol–water partition coefficient (Wildman–Crippen LogP) is 2.49. The molecule has 4 nitrogen and oxygen atoms in total. The Bertz CT molecular complexity index is 452. The first-order valence-electron chi connectivity index (χ1n) is 6.75. The normalized spacial score (nSPS) is 17.9. The first-order valence-corrected chi connectivity index (χ1v) is 8.43. The minimum Gasteiger partial charge on any atom is -0.384 e. The molecule has 0 atom stereocenters. The second-order valence-corrected chi connectivity index (χ2v) is 7.27. The lowest BCUT2D eigenvalue weighted by Gasteiger charge is -2.38. The van der Waals surface area contributed by atoms with Crippen molar-refractivity contribution in [2.45, 2.75) is 19.4 Å². The van der Waals surface area contributed by atoms with Gasteiger partial charge in [0.2, 0.25) is 5.91 Å². The average molecular weight is 361 g/mol. The fraction of sp³-hybridized carbons (Fsp3) is 0.643. The summed E-state index contributed by atoms with van der Waals surface area (Å²) >= 11 is 5.12. The molecule has 1 aliphatic heterocycles. The summed E-state index contributed by atoms with van der Waals surface area (Å²) in [6.07, 6.45) is 1.69. The van der Waals surface area contributed by atoms with Crippen molar-refractivity contribution >= 4 is 33.2 Å². The Hall–Kier alpha value is -0.430. The molecular formula is C14H21BrN2O2S. The maximum absolute atomic E-state index is 12.8. The molecule has 0 aromatic carbocycles. The molecule has 0 bridgehead atoms. The zero-order valence-electron chi connectivity index (χ0n) is 11.9. The van der Waals surface area contributed by atoms with E-state index in [0.717, 1.165) is 30.4 Å². The summed E-state index contributed by atoms with van der Waals surface area (Å²) < 4.78 is 6.41. The van der Waals surface area contributed by atoms with Gasteiger partial charge in [-0.25, -0.2) is 0 Å². The fourth-order valence-electron chi connectivity index (χ4n) is 2.75. The van der Waals surface area contributed by atoms with Crippen LogP contribution in [0.1, 0.15) is 17.7 Å². The van der Waals surface area contributed by atoms with Crippen LogP contribution in [0.15, 0.2) is 15.9 Å². The van der Waals surface area contributed by atoms with Gasteiger partial charge in [0.1, 0.15) is 0 Å². The van der Waals surface area contributed by atoms with Crippen molar-refractivity contribution in [3.63, 3.8) is 0 Å². The molecule has 1 aliphatic rings. The number of carbonyl (C=O) groups is 1. The molecule has 1 saturated heterocycles. The van der Waals surface area contributed by atoms with E-state index in [-0.39, 0.29) is 11.3 Å². The second-order valence-electron chi connectivity index (χ2n) is 5.36. The Kier molecular flexibility index (Phi) is 5.60. The van der Waals surface area contributed by atoms with Crippen LogP contribution in [0, 0.1) is 5.41 Å². The van der Waals surface area contributed by atoms with Crippen LogP contribution in [-0.2, 0) is 16.1 Å². The Labute approximate surface area is 132 Å². The highest BCUT2D eigenvalue weighted by Crippen LogP contribution is 2.32. The van der Waals surface area contributed by atoms with Crippen molar-refractivity contribution in [3.8, 4) is 0 Å². The number of hydrogen-bond acceptors (Lipinski definition) is 4. The number of methoxy groups -OCH3 is 1. The van der Waals surface area contributed by atoms with Gasteiger partial charge in [-0.15, -0.1) is 11.3 Å². The van der Waals surface area contributed by atoms with Crippen LogP contribution in [0.2, 0.25) is 0 Å². The monoisotopic (exact) mass is 360 g/mol. The van der Waals surface area contributed by atoms with E-state index in [1.165, 1.54) is 4.88 Å². The van der Waals surface area contributed by atoms with Crippen molar-refractivity contribution in [1.82, 2.24) is 10.2 Å². The van der Waals surface area contributed by atoms with Gasteiger partial charge < -0.3 is 15.0 Å². The Balaban J connectivity index is 2.06. The molecule has 1 aromatic rings. The van der Waals surface area contributed by atoms with Gasteiger partial charge in [0.15, 0.2) is 0 Å². The SMILES string of the molecule is COCC1(C(=O)N(C)Cc2cc(Br)cs2)CCNCC1. The highest BCUT2D eigenvalue weighted by Gasteiger charge is 2.41. The third-order valence-corrected chi connectivity index (χ3v) is 5.48. The number of ether oxygens (including phenoxy) is 1. The minimum absolute atomic E-state index is 0.199. The number of nitrogens with zero attached hydrogens (tertiary/aromatic N) is 1. The molecule has 0 radical (unpaired) electrons. The van der Waals surface area contributed by atoms with Crippen molar-refractivity contribution in [2.24, 2.45) is 5.41 Å². The standard InChI is InChI=1S/C14H21BrN2O2S/c1-17(8-12-7-11(15)9-20-12)13(18)14(10-19-2)3-5-16-6-4-14/h7,9,16H,3-6,8,10H2,1-2H3. The highest BCUT2D eigenvalue weighted by molar-refractivity contribution is 9.10. The molecule has 1 N–H and O–H groups in total. The van der Waals surface area contributed by atoms with E-state index < -0.39 is 0 Å². The van der Waals surface area contributed by atoms with Crippen molar-refractivity contribution < 1.29 is 9.53 Å². The zero-order valence-corrected chi connectivity index (χ0v) is 14.3. The number of hydrogen-bond donors (Lipinski definition) is 1. The van der Waals surface area contributed by atoms with Gasteiger partial charge in [-0.1, -0.05) is 0 Å². The van der Waals surface area contributed by atoms with Crippen LogP contribution >= 0.6 is 27.3 Å². The smallest absolute Gasteiger partial charge is 0.231 e. The van der Waals surface area contributed by atoms with E-state index in [1.54, 1.807) is 18.4 Å². The summed E-state index contributed by atoms with van der Waals surface area (Å²) in [5.74, 6) is 0.199. The lowest BCUT2D eigenvalue weighted by atomic mass is 9.78. The summed E-state index contributed by atoms with van der Waals surface area (Å²) in [5, 5.41) is 5.36. The Morgan fingerprint density at radius 1 is 1.55 bits per heavy atom. The molecule has 1 amide bonds. The minimum atomic E-state index is -0.358. The van der Waals surface area contributed by atoms with Crippen LogP contribution in [0.25, 0.3) is 0 Å². The van der Waals surface area contributed by atoms with E-state index >= 15 is 0 Å². The van der Waals surface area contributed by atoms with Gasteiger partial charge in [0.05, 0.1) is 18.6 Å². The first kappa shape index (κ1) is 15.9. The molecule has 1 aromatic heterocycles. The highest BCUT2D eigenvalue weighted by atomic mass is 79.9. The fourth-order valence-corrected chi connectivity index (χ4v) is 4.25. The van der Waals surface area contributed by atoms with Crippen LogP contribution in [0.5, 0.6) is 0 Å². The van der Waals surface area contributed by atoms with Gasteiger partial charge in [-0.2, -0.15) is 0 Å². The number of halogens is 1. The van der Waals surface area contributed by atoms with Gasteiger partial charge in [0, 0.05) is 28.9 Å². The molecule has 6 heteroatoms. The van der Waals surface area contributed by atoms with E-state index in [2.05, 4.69) is 27.3 Å². The maximum Gasteiger partial charge on any atom is 0.231 e. The quantitative estimate of drug-likeness (QED) is 0.876. The number of rotatable bonds is 5. The predicted molar refractivity (Wildman–Crippen MR) is 84.9 cm³/mol. The Morgan fingerprint density at radius 2 is 2.25 bits per heavy atom. The molecule has 2 rings (SSSR count). The molecule has 2 heterocycles.